The zero-order valence-electron chi connectivity index (χ0n) is 13.2. The van der Waals surface area contributed by atoms with Gasteiger partial charge in [0.2, 0.25) is 0 Å². The second-order valence-electron chi connectivity index (χ2n) is 4.79. The molecule has 21 heavy (non-hydrogen) atoms. The van der Waals surface area contributed by atoms with E-state index in [-0.39, 0.29) is 46.5 Å². The van der Waals surface area contributed by atoms with E-state index in [1.807, 2.05) is 0 Å². The molecule has 0 aliphatic carbocycles. The van der Waals surface area contributed by atoms with Crippen LogP contribution in [-0.4, -0.2) is 0 Å². The third kappa shape index (κ3) is 13.4. The smallest absolute Gasteiger partial charge is 0.213 e. The molecule has 0 saturated carbocycles. The van der Waals surface area contributed by atoms with Crippen LogP contribution in [0.2, 0.25) is 0 Å². The van der Waals surface area contributed by atoms with Gasteiger partial charge in [-0.1, -0.05) is 52.4 Å². The van der Waals surface area contributed by atoms with Gasteiger partial charge < -0.3 is 0 Å². The fourth-order valence-electron chi connectivity index (χ4n) is 1.92. The maximum absolute atomic E-state index is 2.23. The van der Waals surface area contributed by atoms with Gasteiger partial charge in [-0.25, -0.2) is 24.3 Å². The van der Waals surface area contributed by atoms with Gasteiger partial charge in [0.25, 0.3) is 0 Å². The molecule has 0 aliphatic heterocycles. The first-order valence-corrected chi connectivity index (χ1v) is 7.28. The van der Waals surface area contributed by atoms with E-state index in [4.69, 9.17) is 0 Å². The number of unbranched alkanes of at least 4 members (excludes halogenated alkanes) is 2. The molecule has 0 saturated heterocycles. The fraction of sp³-hybridized carbons (Fsp3) is 0.444. The SMILES string of the molecule is CCCCc1ccc[cH-]1.CCCCc1ccc[cH-]1.Cl.Cl.[Ti+2]. The summed E-state index contributed by atoms with van der Waals surface area (Å²) in [5.74, 6) is 0. The summed E-state index contributed by atoms with van der Waals surface area (Å²) in [4.78, 5) is 0. The number of halogens is 2. The summed E-state index contributed by atoms with van der Waals surface area (Å²) in [7, 11) is 0. The molecule has 2 aromatic carbocycles. The zero-order chi connectivity index (χ0) is 13.1. The van der Waals surface area contributed by atoms with Crippen molar-refractivity contribution < 1.29 is 21.7 Å². The van der Waals surface area contributed by atoms with Crippen molar-refractivity contribution in [2.45, 2.75) is 52.4 Å². The van der Waals surface area contributed by atoms with Crippen LogP contribution < -0.4 is 0 Å². The maximum Gasteiger partial charge on any atom is 2.00 e. The molecule has 3 heteroatoms. The molecule has 0 N–H and O–H groups in total. The summed E-state index contributed by atoms with van der Waals surface area (Å²) < 4.78 is 0. The van der Waals surface area contributed by atoms with Crippen LogP contribution >= 0.6 is 24.8 Å². The monoisotopic (exact) mass is 362 g/mol. The maximum atomic E-state index is 2.23. The molecule has 0 nitrogen and oxygen atoms in total. The molecule has 0 unspecified atom stereocenters. The van der Waals surface area contributed by atoms with Crippen molar-refractivity contribution in [3.63, 3.8) is 0 Å². The predicted octanol–water partition coefficient (Wildman–Crippen LogP) is 6.34. The van der Waals surface area contributed by atoms with E-state index in [1.54, 1.807) is 0 Å². The summed E-state index contributed by atoms with van der Waals surface area (Å²) in [6.07, 6.45) is 7.75. The Balaban J connectivity index is -0.000000270. The Hall–Kier alpha value is -0.00571. The normalized spacial score (nSPS) is 8.48. The van der Waals surface area contributed by atoms with Crippen molar-refractivity contribution in [2.24, 2.45) is 0 Å². The first kappa shape index (κ1) is 25.9. The van der Waals surface area contributed by atoms with Gasteiger partial charge in [0.05, 0.1) is 0 Å². The van der Waals surface area contributed by atoms with Crippen molar-refractivity contribution in [1.29, 1.82) is 0 Å². The Kier molecular flexibility index (Phi) is 22.3. The average Bonchev–Trinajstić information content (AvgIpc) is 3.07. The largest absolute Gasteiger partial charge is 2.00 e. The minimum atomic E-state index is 0. The first-order valence-electron chi connectivity index (χ1n) is 7.28. The van der Waals surface area contributed by atoms with Crippen molar-refractivity contribution in [1.82, 2.24) is 0 Å². The summed E-state index contributed by atoms with van der Waals surface area (Å²) >= 11 is 0. The van der Waals surface area contributed by atoms with Crippen molar-refractivity contribution in [2.75, 3.05) is 0 Å². The molecule has 0 aromatic heterocycles. The van der Waals surface area contributed by atoms with E-state index in [0.717, 1.165) is 0 Å². The molecule has 0 radical (unpaired) electrons. The van der Waals surface area contributed by atoms with Gasteiger partial charge >= 0.3 is 21.7 Å². The van der Waals surface area contributed by atoms with Gasteiger partial charge in [0.15, 0.2) is 0 Å². The molecule has 0 spiro atoms. The molecular formula is C18H28Cl2Ti. The second-order valence-corrected chi connectivity index (χ2v) is 4.79. The first-order chi connectivity index (χ1) is 8.86. The Morgan fingerprint density at radius 2 is 1.14 bits per heavy atom. The van der Waals surface area contributed by atoms with E-state index in [9.17, 15) is 0 Å². The molecule has 0 amide bonds. The molecule has 0 fully saturated rings. The molecule has 0 atom stereocenters. The molecule has 0 aliphatic rings. The Morgan fingerprint density at radius 1 is 0.762 bits per heavy atom. The van der Waals surface area contributed by atoms with Gasteiger partial charge in [-0.2, -0.15) is 35.4 Å². The topological polar surface area (TPSA) is 0 Å². The number of hydrogen-bond donors (Lipinski definition) is 0. The summed E-state index contributed by atoms with van der Waals surface area (Å²) in [6, 6.07) is 17.2. The summed E-state index contributed by atoms with van der Waals surface area (Å²) in [5.41, 5.74) is 2.97. The van der Waals surface area contributed by atoms with Crippen LogP contribution in [0.4, 0.5) is 0 Å². The van der Waals surface area contributed by atoms with Gasteiger partial charge in [-0.15, -0.1) is 24.8 Å². The van der Waals surface area contributed by atoms with Crippen LogP contribution in [0.15, 0.2) is 48.5 Å². The third-order valence-electron chi connectivity index (χ3n) is 3.10. The van der Waals surface area contributed by atoms with Crippen molar-refractivity contribution in [3.8, 4) is 0 Å². The zero-order valence-corrected chi connectivity index (χ0v) is 16.4. The summed E-state index contributed by atoms with van der Waals surface area (Å²) in [5, 5.41) is 0. The Morgan fingerprint density at radius 3 is 1.38 bits per heavy atom. The number of aryl methyl sites for hydroxylation is 2. The van der Waals surface area contributed by atoms with Gasteiger partial charge in [0, 0.05) is 0 Å². The van der Waals surface area contributed by atoms with E-state index in [0.29, 0.717) is 0 Å². The molecule has 2 aromatic rings. The minimum Gasteiger partial charge on any atom is -0.213 e. The van der Waals surface area contributed by atoms with Gasteiger partial charge in [0.1, 0.15) is 0 Å². The van der Waals surface area contributed by atoms with Crippen LogP contribution in [0.25, 0.3) is 0 Å². The molecule has 2 rings (SSSR count). The standard InChI is InChI=1S/2C9H13.2ClH.Ti/c2*1-2-3-6-9-7-4-5-8-9;;;/h2*4-5,7-8H,2-3,6H2,1H3;2*1H;/q2*-1;;;+2. The van der Waals surface area contributed by atoms with Crippen LogP contribution in [-0.2, 0) is 34.6 Å². The average molecular weight is 363 g/mol. The molecule has 0 bridgehead atoms. The third-order valence-corrected chi connectivity index (χ3v) is 3.10. The number of hydrogen-bond acceptors (Lipinski definition) is 0. The van der Waals surface area contributed by atoms with Crippen LogP contribution in [0.5, 0.6) is 0 Å². The van der Waals surface area contributed by atoms with E-state index in [1.165, 1.54) is 49.7 Å². The fourth-order valence-corrected chi connectivity index (χ4v) is 1.92. The van der Waals surface area contributed by atoms with E-state index < -0.39 is 0 Å². The van der Waals surface area contributed by atoms with Crippen LogP contribution in [0.1, 0.15) is 50.7 Å². The van der Waals surface area contributed by atoms with E-state index >= 15 is 0 Å². The molecule has 0 heterocycles. The Bertz CT molecular complexity index is 328. The van der Waals surface area contributed by atoms with Crippen LogP contribution in [0.3, 0.4) is 0 Å². The van der Waals surface area contributed by atoms with Gasteiger partial charge in [-0.3, -0.25) is 0 Å². The predicted molar refractivity (Wildman–Crippen MR) is 95.8 cm³/mol. The minimum absolute atomic E-state index is 0. The number of rotatable bonds is 6. The quantitative estimate of drug-likeness (QED) is 0.415. The second kappa shape index (κ2) is 18.0. The molecular weight excluding hydrogens is 335 g/mol. The molecule has 118 valence electrons. The van der Waals surface area contributed by atoms with Crippen molar-refractivity contribution in [3.05, 3.63) is 59.7 Å². The van der Waals surface area contributed by atoms with Crippen molar-refractivity contribution >= 4 is 24.8 Å². The van der Waals surface area contributed by atoms with Gasteiger partial charge in [-0.05, 0) is 0 Å². The Labute approximate surface area is 158 Å². The van der Waals surface area contributed by atoms with E-state index in [2.05, 4.69) is 62.4 Å². The van der Waals surface area contributed by atoms with Crippen LogP contribution in [0, 0.1) is 0 Å². The summed E-state index contributed by atoms with van der Waals surface area (Å²) in [6.45, 7) is 4.45.